The van der Waals surface area contributed by atoms with Crippen molar-refractivity contribution in [3.8, 4) is 5.75 Å². The van der Waals surface area contributed by atoms with E-state index in [0.717, 1.165) is 0 Å². The van der Waals surface area contributed by atoms with E-state index in [1.54, 1.807) is 41.3 Å². The summed E-state index contributed by atoms with van der Waals surface area (Å²) in [6, 6.07) is 12.4. The van der Waals surface area contributed by atoms with Crippen molar-refractivity contribution < 1.29 is 14.3 Å². The molecular formula is C25H28ClN7O3. The number of anilines is 6. The molecule has 2 amide bonds. The second-order valence-electron chi connectivity index (χ2n) is 7.58. The molecule has 0 saturated heterocycles. The summed E-state index contributed by atoms with van der Waals surface area (Å²) in [5, 5.41) is 9.26. The number of nitrogens with one attached hydrogen (secondary N) is 3. The van der Waals surface area contributed by atoms with Crippen molar-refractivity contribution >= 4 is 57.9 Å². The minimum atomic E-state index is -0.345. The predicted octanol–water partition coefficient (Wildman–Crippen LogP) is 4.45. The molecule has 2 aromatic carbocycles. The van der Waals surface area contributed by atoms with Gasteiger partial charge in [0.25, 0.3) is 0 Å². The highest BCUT2D eigenvalue weighted by Gasteiger charge is 2.15. The van der Waals surface area contributed by atoms with E-state index >= 15 is 0 Å². The molecule has 0 saturated carbocycles. The first-order valence-corrected chi connectivity index (χ1v) is 11.5. The first kappa shape index (κ1) is 26.5. The van der Waals surface area contributed by atoms with Crippen molar-refractivity contribution in [1.82, 2.24) is 9.97 Å². The fourth-order valence-electron chi connectivity index (χ4n) is 3.32. The van der Waals surface area contributed by atoms with Gasteiger partial charge in [-0.2, -0.15) is 4.98 Å². The molecule has 0 unspecified atom stereocenters. The van der Waals surface area contributed by atoms with Crippen LogP contribution in [0.1, 0.15) is 13.3 Å². The maximum absolute atomic E-state index is 12.1. The van der Waals surface area contributed by atoms with Crippen LogP contribution >= 0.6 is 11.6 Å². The number of rotatable bonds is 11. The lowest BCUT2D eigenvalue weighted by Gasteiger charge is -2.22. The number of nitrogens with zero attached hydrogens (tertiary/aromatic N) is 3. The maximum Gasteiger partial charge on any atom is 0.247 e. The van der Waals surface area contributed by atoms with Crippen LogP contribution in [0.5, 0.6) is 5.75 Å². The SMILES string of the molecule is C=CC(=O)Nc1ccccc1Nc1nc(Nc2ccc(N(CCCN)C(C)=O)cc2OC)ncc1Cl. The fraction of sp³-hybridized carbons (Fsp3) is 0.200. The second kappa shape index (κ2) is 12.5. The maximum atomic E-state index is 12.1. The average molecular weight is 510 g/mol. The van der Waals surface area contributed by atoms with E-state index in [1.807, 2.05) is 6.07 Å². The number of carbonyl (C=O) groups excluding carboxylic acids is 2. The van der Waals surface area contributed by atoms with Gasteiger partial charge in [-0.15, -0.1) is 0 Å². The number of para-hydroxylation sites is 2. The Kier molecular flexibility index (Phi) is 9.20. The third-order valence-electron chi connectivity index (χ3n) is 5.08. The number of aromatic nitrogens is 2. The summed E-state index contributed by atoms with van der Waals surface area (Å²) in [4.78, 5) is 34.2. The molecule has 0 aliphatic carbocycles. The Labute approximate surface area is 214 Å². The number of amides is 2. The summed E-state index contributed by atoms with van der Waals surface area (Å²) in [6.45, 7) is 5.96. The smallest absolute Gasteiger partial charge is 0.247 e. The van der Waals surface area contributed by atoms with E-state index in [-0.39, 0.29) is 22.8 Å². The van der Waals surface area contributed by atoms with Gasteiger partial charge in [0.15, 0.2) is 5.82 Å². The molecule has 0 aliphatic rings. The van der Waals surface area contributed by atoms with E-state index in [1.165, 1.54) is 26.3 Å². The number of hydrogen-bond acceptors (Lipinski definition) is 8. The van der Waals surface area contributed by atoms with Gasteiger partial charge in [0.1, 0.15) is 10.8 Å². The van der Waals surface area contributed by atoms with E-state index < -0.39 is 0 Å². The minimum absolute atomic E-state index is 0.0903. The van der Waals surface area contributed by atoms with E-state index in [2.05, 4.69) is 32.5 Å². The van der Waals surface area contributed by atoms with Gasteiger partial charge >= 0.3 is 0 Å². The van der Waals surface area contributed by atoms with Crippen LogP contribution in [0.3, 0.4) is 0 Å². The van der Waals surface area contributed by atoms with Crippen molar-refractivity contribution in [3.63, 3.8) is 0 Å². The van der Waals surface area contributed by atoms with Gasteiger partial charge in [-0.1, -0.05) is 30.3 Å². The Balaban J connectivity index is 1.85. The molecule has 0 spiro atoms. The highest BCUT2D eigenvalue weighted by molar-refractivity contribution is 6.33. The van der Waals surface area contributed by atoms with E-state index in [9.17, 15) is 9.59 Å². The Hall–Kier alpha value is -4.15. The van der Waals surface area contributed by atoms with Gasteiger partial charge < -0.3 is 31.3 Å². The summed E-state index contributed by atoms with van der Waals surface area (Å²) in [5.74, 6) is 0.647. The molecule has 0 aliphatic heterocycles. The van der Waals surface area contributed by atoms with Crippen molar-refractivity contribution in [2.45, 2.75) is 13.3 Å². The summed E-state index contributed by atoms with van der Waals surface area (Å²) in [6.07, 6.45) is 3.31. The largest absolute Gasteiger partial charge is 0.494 e. The van der Waals surface area contributed by atoms with Gasteiger partial charge in [0.2, 0.25) is 17.8 Å². The quantitative estimate of drug-likeness (QED) is 0.278. The van der Waals surface area contributed by atoms with E-state index in [4.69, 9.17) is 22.1 Å². The van der Waals surface area contributed by atoms with E-state index in [0.29, 0.717) is 53.8 Å². The normalized spacial score (nSPS) is 10.3. The van der Waals surface area contributed by atoms with Crippen LogP contribution in [-0.4, -0.2) is 42.0 Å². The van der Waals surface area contributed by atoms with Crippen LogP contribution < -0.4 is 31.3 Å². The van der Waals surface area contributed by atoms with Crippen LogP contribution in [0.25, 0.3) is 0 Å². The van der Waals surface area contributed by atoms with Crippen molar-refractivity contribution in [3.05, 3.63) is 66.3 Å². The lowest BCUT2D eigenvalue weighted by atomic mass is 10.2. The molecule has 0 fully saturated rings. The lowest BCUT2D eigenvalue weighted by Crippen LogP contribution is -2.30. The van der Waals surface area contributed by atoms with Gasteiger partial charge in [-0.25, -0.2) is 4.98 Å². The zero-order valence-corrected chi connectivity index (χ0v) is 20.8. The molecule has 3 aromatic rings. The van der Waals surface area contributed by atoms with Crippen molar-refractivity contribution in [2.75, 3.05) is 41.0 Å². The Bertz CT molecular complexity index is 1250. The summed E-state index contributed by atoms with van der Waals surface area (Å²) < 4.78 is 5.53. The molecule has 11 heteroatoms. The summed E-state index contributed by atoms with van der Waals surface area (Å²) in [7, 11) is 1.53. The number of halogens is 1. The Morgan fingerprint density at radius 2 is 1.92 bits per heavy atom. The highest BCUT2D eigenvalue weighted by Crippen LogP contribution is 2.33. The Morgan fingerprint density at radius 3 is 2.58 bits per heavy atom. The third-order valence-corrected chi connectivity index (χ3v) is 5.35. The molecule has 0 atom stereocenters. The molecule has 10 nitrogen and oxygen atoms in total. The zero-order chi connectivity index (χ0) is 26.1. The number of methoxy groups -OCH3 is 1. The van der Waals surface area contributed by atoms with Crippen LogP contribution in [-0.2, 0) is 9.59 Å². The van der Waals surface area contributed by atoms with Gasteiger partial charge in [0, 0.05) is 25.2 Å². The second-order valence-corrected chi connectivity index (χ2v) is 7.98. The first-order valence-electron chi connectivity index (χ1n) is 11.1. The molecule has 0 radical (unpaired) electrons. The summed E-state index contributed by atoms with van der Waals surface area (Å²) >= 11 is 6.33. The fourth-order valence-corrected chi connectivity index (χ4v) is 3.46. The van der Waals surface area contributed by atoms with Gasteiger partial charge in [-0.3, -0.25) is 9.59 Å². The monoisotopic (exact) mass is 509 g/mol. The van der Waals surface area contributed by atoms with Crippen LogP contribution in [0.4, 0.5) is 34.5 Å². The molecule has 1 heterocycles. The number of carbonyl (C=O) groups is 2. The average Bonchev–Trinajstić information content (AvgIpc) is 2.87. The van der Waals surface area contributed by atoms with Crippen LogP contribution in [0, 0.1) is 0 Å². The number of nitrogens with two attached hydrogens (primary N) is 1. The van der Waals surface area contributed by atoms with Gasteiger partial charge in [-0.05, 0) is 43.3 Å². The summed E-state index contributed by atoms with van der Waals surface area (Å²) in [5.41, 5.74) is 8.01. The Morgan fingerprint density at radius 1 is 1.17 bits per heavy atom. The third kappa shape index (κ3) is 6.71. The standard InChI is InChI=1S/C25H28ClN7O3/c1-4-23(35)29-19-8-5-6-9-20(19)30-24-18(26)15-28-25(32-24)31-21-11-10-17(14-22(21)36-3)33(16(2)34)13-7-12-27/h4-6,8-11,14-15H,1,7,12-13,27H2,2-3H3,(H,29,35)(H2,28,30,31,32). The van der Waals surface area contributed by atoms with Gasteiger partial charge in [0.05, 0.1) is 30.4 Å². The predicted molar refractivity (Wildman–Crippen MR) is 144 cm³/mol. The molecule has 3 rings (SSSR count). The zero-order valence-electron chi connectivity index (χ0n) is 20.0. The molecule has 1 aromatic heterocycles. The molecule has 188 valence electrons. The lowest BCUT2D eigenvalue weighted by molar-refractivity contribution is -0.116. The van der Waals surface area contributed by atoms with Crippen molar-refractivity contribution in [2.24, 2.45) is 5.73 Å². The first-order chi connectivity index (χ1) is 17.4. The number of hydrogen-bond donors (Lipinski definition) is 4. The molecule has 36 heavy (non-hydrogen) atoms. The number of benzene rings is 2. The van der Waals surface area contributed by atoms with Crippen molar-refractivity contribution in [1.29, 1.82) is 0 Å². The molecule has 0 bridgehead atoms. The minimum Gasteiger partial charge on any atom is -0.494 e. The molecular weight excluding hydrogens is 482 g/mol. The van der Waals surface area contributed by atoms with Crippen LogP contribution in [0.15, 0.2) is 61.3 Å². The highest BCUT2D eigenvalue weighted by atomic mass is 35.5. The topological polar surface area (TPSA) is 134 Å². The van der Waals surface area contributed by atoms with Crippen LogP contribution in [0.2, 0.25) is 5.02 Å². The molecule has 5 N–H and O–H groups in total. The number of ether oxygens (including phenoxy) is 1.